The molecule has 1 fully saturated rings. The van der Waals surface area contributed by atoms with Gasteiger partial charge in [0.15, 0.2) is 5.06 Å². The average molecular weight is 420 g/mol. The van der Waals surface area contributed by atoms with E-state index in [-0.39, 0.29) is 12.8 Å². The van der Waals surface area contributed by atoms with Crippen LogP contribution in [0.5, 0.6) is 5.06 Å². The molecule has 134 valence electrons. The van der Waals surface area contributed by atoms with Crippen LogP contribution in [0.25, 0.3) is 0 Å². The van der Waals surface area contributed by atoms with E-state index in [4.69, 9.17) is 9.57 Å². The van der Waals surface area contributed by atoms with Gasteiger partial charge in [0.2, 0.25) is 0 Å². The Labute approximate surface area is 154 Å². The molecule has 8 heteroatoms. The summed E-state index contributed by atoms with van der Waals surface area (Å²) in [7, 11) is 0. The largest absolute Gasteiger partial charge is 0.483 e. The second-order valence-electron chi connectivity index (χ2n) is 5.17. The Hall–Kier alpha value is -1.41. The van der Waals surface area contributed by atoms with Gasteiger partial charge in [0.25, 0.3) is 11.8 Å². The van der Waals surface area contributed by atoms with Gasteiger partial charge in [0.05, 0.1) is 11.1 Å². The van der Waals surface area contributed by atoms with Crippen LogP contribution >= 0.6 is 27.3 Å². The summed E-state index contributed by atoms with van der Waals surface area (Å²) in [4.78, 5) is 40.2. The summed E-state index contributed by atoms with van der Waals surface area (Å²) in [6, 6.07) is 0. The molecule has 0 N–H and O–H groups in total. The van der Waals surface area contributed by atoms with Crippen LogP contribution in [0.15, 0.2) is 4.47 Å². The van der Waals surface area contributed by atoms with Gasteiger partial charge >= 0.3 is 5.97 Å². The number of hydroxylamine groups is 2. The molecule has 0 spiro atoms. The maximum Gasteiger partial charge on any atom is 0.374 e. The molecule has 2 heterocycles. The van der Waals surface area contributed by atoms with Gasteiger partial charge in [-0.1, -0.05) is 38.5 Å². The number of carbonyl (C=O) groups excluding carboxylic acids is 3. The SMILES string of the molecule is CCC.CCCOc1sc(C(=O)ON2C(=O)CCC2=O)c(C)c1Br. The Balaban J connectivity index is 0.000000891. The van der Waals surface area contributed by atoms with Gasteiger partial charge in [-0.15, -0.1) is 5.06 Å². The van der Waals surface area contributed by atoms with E-state index in [1.54, 1.807) is 6.92 Å². The maximum atomic E-state index is 12.1. The number of imide groups is 1. The molecule has 2 amide bonds. The van der Waals surface area contributed by atoms with E-state index in [1.165, 1.54) is 6.42 Å². The smallest absolute Gasteiger partial charge is 0.374 e. The van der Waals surface area contributed by atoms with E-state index in [0.29, 0.717) is 31.6 Å². The van der Waals surface area contributed by atoms with Gasteiger partial charge in [-0.25, -0.2) is 4.79 Å². The van der Waals surface area contributed by atoms with E-state index in [0.717, 1.165) is 17.8 Å². The van der Waals surface area contributed by atoms with E-state index in [9.17, 15) is 14.4 Å². The summed E-state index contributed by atoms with van der Waals surface area (Å²) in [5.41, 5.74) is 0.662. The molecule has 1 aromatic heterocycles. The van der Waals surface area contributed by atoms with Crippen LogP contribution in [0, 0.1) is 6.92 Å². The molecule has 24 heavy (non-hydrogen) atoms. The normalized spacial score (nSPS) is 13.6. The summed E-state index contributed by atoms with van der Waals surface area (Å²) < 4.78 is 6.21. The number of thiophene rings is 1. The highest BCUT2D eigenvalue weighted by Gasteiger charge is 2.34. The number of halogens is 1. The molecule has 2 rings (SSSR count). The standard InChI is InChI=1S/C13H14BrNO5S.C3H8/c1-3-6-19-13-10(14)7(2)11(21-13)12(18)20-15-8(16)4-5-9(15)17;1-3-2/h3-6H2,1-2H3;3H2,1-2H3. The number of hydrogen-bond donors (Lipinski definition) is 0. The van der Waals surface area contributed by atoms with Crippen LogP contribution < -0.4 is 4.74 Å². The average Bonchev–Trinajstić information content (AvgIpc) is 3.01. The van der Waals surface area contributed by atoms with Crippen molar-refractivity contribution in [2.45, 2.75) is 53.4 Å². The third kappa shape index (κ3) is 5.04. The molecule has 0 atom stereocenters. The Morgan fingerprint density at radius 2 is 1.75 bits per heavy atom. The first-order chi connectivity index (χ1) is 11.4. The first kappa shape index (κ1) is 20.6. The minimum absolute atomic E-state index is 0.0735. The summed E-state index contributed by atoms with van der Waals surface area (Å²) in [5.74, 6) is -1.72. The molecule has 1 aliphatic heterocycles. The van der Waals surface area contributed by atoms with Crippen LogP contribution in [-0.4, -0.2) is 29.5 Å². The molecule has 1 aromatic rings. The molecule has 1 saturated heterocycles. The van der Waals surface area contributed by atoms with Crippen molar-refractivity contribution in [1.29, 1.82) is 0 Å². The van der Waals surface area contributed by atoms with Crippen molar-refractivity contribution >= 4 is 45.1 Å². The van der Waals surface area contributed by atoms with Crippen molar-refractivity contribution in [2.75, 3.05) is 6.61 Å². The zero-order chi connectivity index (χ0) is 18.3. The minimum atomic E-state index is -0.729. The lowest BCUT2D eigenvalue weighted by atomic mass is 10.3. The van der Waals surface area contributed by atoms with Crippen LogP contribution in [0.2, 0.25) is 0 Å². The first-order valence-electron chi connectivity index (χ1n) is 7.86. The molecular formula is C16H22BrNO5S. The molecule has 0 saturated carbocycles. The molecule has 0 bridgehead atoms. The van der Waals surface area contributed by atoms with Gasteiger partial charge in [0.1, 0.15) is 4.88 Å². The van der Waals surface area contributed by atoms with Gasteiger partial charge in [-0.05, 0) is 34.8 Å². The topological polar surface area (TPSA) is 72.9 Å². The number of rotatable bonds is 5. The fraction of sp³-hybridized carbons (Fsp3) is 0.562. The highest BCUT2D eigenvalue weighted by atomic mass is 79.9. The van der Waals surface area contributed by atoms with E-state index in [2.05, 4.69) is 29.8 Å². The van der Waals surface area contributed by atoms with E-state index >= 15 is 0 Å². The van der Waals surface area contributed by atoms with Crippen molar-refractivity contribution in [3.8, 4) is 5.06 Å². The number of hydrogen-bond acceptors (Lipinski definition) is 6. The molecular weight excluding hydrogens is 398 g/mol. The lowest BCUT2D eigenvalue weighted by molar-refractivity contribution is -0.172. The monoisotopic (exact) mass is 419 g/mol. The Kier molecular flexibility index (Phi) is 8.41. The predicted molar refractivity (Wildman–Crippen MR) is 95.0 cm³/mol. The van der Waals surface area contributed by atoms with Gasteiger partial charge in [-0.3, -0.25) is 9.59 Å². The second kappa shape index (κ2) is 9.78. The van der Waals surface area contributed by atoms with Crippen LogP contribution in [0.4, 0.5) is 0 Å². The molecule has 0 unspecified atom stereocenters. The summed E-state index contributed by atoms with van der Waals surface area (Å²) in [5, 5.41) is 1.13. The van der Waals surface area contributed by atoms with Crippen LogP contribution in [0.1, 0.15) is 61.7 Å². The number of carbonyl (C=O) groups is 3. The van der Waals surface area contributed by atoms with Crippen molar-refractivity contribution in [2.24, 2.45) is 0 Å². The van der Waals surface area contributed by atoms with Crippen molar-refractivity contribution in [3.63, 3.8) is 0 Å². The molecule has 0 radical (unpaired) electrons. The molecule has 6 nitrogen and oxygen atoms in total. The Morgan fingerprint density at radius 3 is 2.25 bits per heavy atom. The Bertz CT molecular complexity index is 598. The van der Waals surface area contributed by atoms with Gasteiger partial charge < -0.3 is 9.57 Å². The van der Waals surface area contributed by atoms with E-state index in [1.807, 2.05) is 6.92 Å². The summed E-state index contributed by atoms with van der Waals surface area (Å²) in [6.07, 6.45) is 2.24. The zero-order valence-electron chi connectivity index (χ0n) is 14.3. The van der Waals surface area contributed by atoms with Crippen LogP contribution in [-0.2, 0) is 14.4 Å². The summed E-state index contributed by atoms with van der Waals surface area (Å²) >= 11 is 4.49. The number of amides is 2. The number of nitrogens with zero attached hydrogens (tertiary/aromatic N) is 1. The van der Waals surface area contributed by atoms with Crippen molar-refractivity contribution in [1.82, 2.24) is 5.06 Å². The fourth-order valence-electron chi connectivity index (χ4n) is 1.73. The van der Waals surface area contributed by atoms with Gasteiger partial charge in [-0.2, -0.15) is 0 Å². The van der Waals surface area contributed by atoms with Crippen molar-refractivity contribution < 1.29 is 24.0 Å². The first-order valence-corrected chi connectivity index (χ1v) is 9.47. The zero-order valence-corrected chi connectivity index (χ0v) is 16.7. The number of ether oxygens (including phenoxy) is 1. The Morgan fingerprint density at radius 1 is 1.21 bits per heavy atom. The van der Waals surface area contributed by atoms with Crippen LogP contribution in [0.3, 0.4) is 0 Å². The summed E-state index contributed by atoms with van der Waals surface area (Å²) in [6.45, 7) is 8.51. The predicted octanol–water partition coefficient (Wildman–Crippen LogP) is 4.24. The third-order valence-electron chi connectivity index (χ3n) is 2.85. The fourth-order valence-corrected chi connectivity index (χ4v) is 3.36. The second-order valence-corrected chi connectivity index (χ2v) is 6.95. The highest BCUT2D eigenvalue weighted by molar-refractivity contribution is 9.10. The van der Waals surface area contributed by atoms with E-state index < -0.39 is 17.8 Å². The minimum Gasteiger partial charge on any atom is -0.483 e. The maximum absolute atomic E-state index is 12.1. The molecule has 0 aliphatic carbocycles. The molecule has 1 aliphatic rings. The highest BCUT2D eigenvalue weighted by Crippen LogP contribution is 2.40. The molecule has 0 aromatic carbocycles. The van der Waals surface area contributed by atoms with Gasteiger partial charge in [0, 0.05) is 12.8 Å². The lowest BCUT2D eigenvalue weighted by Crippen LogP contribution is -2.32. The van der Waals surface area contributed by atoms with Crippen molar-refractivity contribution in [3.05, 3.63) is 14.9 Å². The third-order valence-corrected chi connectivity index (χ3v) is 5.25. The quantitative estimate of drug-likeness (QED) is 0.666. The lowest BCUT2D eigenvalue weighted by Gasteiger charge is -2.11.